The fourth-order valence-electron chi connectivity index (χ4n) is 3.14. The fourth-order valence-corrected chi connectivity index (χ4v) is 4.56. The highest BCUT2D eigenvalue weighted by atomic mass is 32.2. The smallest absolute Gasteiger partial charge is 0.164 e. The van der Waals surface area contributed by atoms with Crippen molar-refractivity contribution in [2.24, 2.45) is 11.7 Å². The Morgan fingerprint density at radius 1 is 1.33 bits per heavy atom. The van der Waals surface area contributed by atoms with Gasteiger partial charge in [-0.1, -0.05) is 42.5 Å². The van der Waals surface area contributed by atoms with Gasteiger partial charge in [0, 0.05) is 11.3 Å². The Morgan fingerprint density at radius 2 is 2.24 bits per heavy atom. The predicted molar refractivity (Wildman–Crippen MR) is 91.2 cm³/mol. The number of thioether (sulfide) groups is 1. The van der Waals surface area contributed by atoms with E-state index in [1.54, 1.807) is 0 Å². The lowest BCUT2D eigenvalue weighted by atomic mass is 9.87. The molecule has 3 rings (SSSR count). The van der Waals surface area contributed by atoms with E-state index in [-0.39, 0.29) is 4.93 Å². The Hall–Kier alpha value is -0.770. The van der Waals surface area contributed by atoms with Crippen LogP contribution in [0.3, 0.4) is 0 Å². The van der Waals surface area contributed by atoms with E-state index in [1.807, 2.05) is 11.8 Å². The minimum atomic E-state index is -0.0649. The van der Waals surface area contributed by atoms with Crippen LogP contribution in [0.2, 0.25) is 0 Å². The minimum Gasteiger partial charge on any atom is -0.346 e. The van der Waals surface area contributed by atoms with Gasteiger partial charge in [-0.3, -0.25) is 0 Å². The van der Waals surface area contributed by atoms with Crippen molar-refractivity contribution < 1.29 is 4.74 Å². The quantitative estimate of drug-likeness (QED) is 0.596. The maximum atomic E-state index is 6.32. The highest BCUT2D eigenvalue weighted by Crippen LogP contribution is 2.53. The summed E-state index contributed by atoms with van der Waals surface area (Å²) in [4.78, 5) is -0.0649. The molecule has 0 saturated carbocycles. The number of fused-ring (bicyclic) bond motifs is 1. The molecule has 1 heterocycles. The molecule has 114 valence electrons. The summed E-state index contributed by atoms with van der Waals surface area (Å²) in [6.07, 6.45) is 22.4. The van der Waals surface area contributed by atoms with E-state index in [0.29, 0.717) is 23.3 Å². The zero-order chi connectivity index (χ0) is 14.7. The van der Waals surface area contributed by atoms with Gasteiger partial charge in [-0.25, -0.2) is 0 Å². The van der Waals surface area contributed by atoms with Crippen molar-refractivity contribution >= 4 is 11.8 Å². The SMILES string of the molecule is CC=CCCC(N)C1C=CC(SC23C=CC=CC2O3)CC1. The van der Waals surface area contributed by atoms with E-state index in [0.717, 1.165) is 12.8 Å². The molecule has 0 aromatic rings. The molecule has 0 radical (unpaired) electrons. The molecule has 3 heteroatoms. The lowest BCUT2D eigenvalue weighted by Crippen LogP contribution is -2.31. The summed E-state index contributed by atoms with van der Waals surface area (Å²) in [6, 6.07) is 0.295. The molecular weight excluding hydrogens is 278 g/mol. The van der Waals surface area contributed by atoms with Gasteiger partial charge in [0.05, 0.1) is 0 Å². The third kappa shape index (κ3) is 3.53. The van der Waals surface area contributed by atoms with E-state index in [1.165, 1.54) is 12.8 Å². The van der Waals surface area contributed by atoms with Crippen molar-refractivity contribution in [2.45, 2.75) is 54.9 Å². The summed E-state index contributed by atoms with van der Waals surface area (Å²) in [6.45, 7) is 2.06. The van der Waals surface area contributed by atoms with Crippen LogP contribution < -0.4 is 5.73 Å². The summed E-state index contributed by atoms with van der Waals surface area (Å²) >= 11 is 1.95. The van der Waals surface area contributed by atoms with E-state index >= 15 is 0 Å². The summed E-state index contributed by atoms with van der Waals surface area (Å²) in [5.74, 6) is 0.544. The first-order valence-corrected chi connectivity index (χ1v) is 8.88. The van der Waals surface area contributed by atoms with Crippen molar-refractivity contribution in [1.29, 1.82) is 0 Å². The summed E-state index contributed by atoms with van der Waals surface area (Å²) in [5, 5.41) is 0.560. The van der Waals surface area contributed by atoms with Crippen molar-refractivity contribution in [3.63, 3.8) is 0 Å². The van der Waals surface area contributed by atoms with E-state index in [2.05, 4.69) is 55.5 Å². The molecule has 1 aliphatic heterocycles. The van der Waals surface area contributed by atoms with Gasteiger partial charge in [0.1, 0.15) is 6.10 Å². The van der Waals surface area contributed by atoms with Crippen LogP contribution in [0, 0.1) is 5.92 Å². The maximum Gasteiger partial charge on any atom is 0.164 e. The maximum absolute atomic E-state index is 6.32. The highest BCUT2D eigenvalue weighted by molar-refractivity contribution is 8.01. The Bertz CT molecular complexity index is 482. The van der Waals surface area contributed by atoms with Crippen molar-refractivity contribution in [1.82, 2.24) is 0 Å². The van der Waals surface area contributed by atoms with Crippen LogP contribution >= 0.6 is 11.8 Å². The first-order chi connectivity index (χ1) is 10.2. The molecule has 5 unspecified atom stereocenters. The molecule has 0 aromatic heterocycles. The second-order valence-electron chi connectivity index (χ2n) is 6.10. The van der Waals surface area contributed by atoms with E-state index < -0.39 is 0 Å². The van der Waals surface area contributed by atoms with Crippen molar-refractivity contribution in [3.05, 3.63) is 48.6 Å². The lowest BCUT2D eigenvalue weighted by molar-refractivity contribution is 0.397. The van der Waals surface area contributed by atoms with Gasteiger partial charge in [0.25, 0.3) is 0 Å². The Morgan fingerprint density at radius 3 is 2.95 bits per heavy atom. The molecule has 1 saturated heterocycles. The second kappa shape index (κ2) is 6.55. The van der Waals surface area contributed by atoms with Gasteiger partial charge in [-0.2, -0.15) is 0 Å². The van der Waals surface area contributed by atoms with E-state index in [4.69, 9.17) is 10.5 Å². The zero-order valence-corrected chi connectivity index (χ0v) is 13.5. The number of rotatable bonds is 6. The van der Waals surface area contributed by atoms with Crippen LogP contribution in [-0.4, -0.2) is 22.3 Å². The molecule has 0 amide bonds. The molecule has 5 atom stereocenters. The monoisotopic (exact) mass is 303 g/mol. The van der Waals surface area contributed by atoms with Crippen LogP contribution in [0.5, 0.6) is 0 Å². The molecular formula is C18H25NOS. The summed E-state index contributed by atoms with van der Waals surface area (Å²) in [7, 11) is 0. The van der Waals surface area contributed by atoms with Gasteiger partial charge >= 0.3 is 0 Å². The van der Waals surface area contributed by atoms with Crippen LogP contribution in [0.15, 0.2) is 48.6 Å². The third-order valence-electron chi connectivity index (χ3n) is 4.52. The molecule has 0 bridgehead atoms. The molecule has 2 nitrogen and oxygen atoms in total. The first kappa shape index (κ1) is 15.1. The number of nitrogens with two attached hydrogens (primary N) is 1. The summed E-state index contributed by atoms with van der Waals surface area (Å²) < 4.78 is 5.83. The molecule has 2 aliphatic carbocycles. The topological polar surface area (TPSA) is 38.5 Å². The van der Waals surface area contributed by atoms with Gasteiger partial charge in [-0.05, 0) is 44.6 Å². The van der Waals surface area contributed by atoms with Crippen molar-refractivity contribution in [2.75, 3.05) is 0 Å². The second-order valence-corrected chi connectivity index (χ2v) is 7.58. The standard InChI is InChI=1S/C18H25NOS/c1-2-3-4-7-16(19)14-9-11-15(12-10-14)21-18-13-6-5-8-17(18)20-18/h2-3,5-6,8-9,11,13-17H,4,7,10,12,19H2,1H3. The third-order valence-corrected chi connectivity index (χ3v) is 6.05. The number of hydrogen-bond acceptors (Lipinski definition) is 3. The number of allylic oxidation sites excluding steroid dienone is 4. The Balaban J connectivity index is 1.48. The van der Waals surface area contributed by atoms with Crippen molar-refractivity contribution in [3.8, 4) is 0 Å². The van der Waals surface area contributed by atoms with Gasteiger partial charge in [-0.15, -0.1) is 11.8 Å². The van der Waals surface area contributed by atoms with Crippen LogP contribution in [0.4, 0.5) is 0 Å². The minimum absolute atomic E-state index is 0.0649. The molecule has 0 aromatic carbocycles. The Labute approximate surface area is 132 Å². The van der Waals surface area contributed by atoms with Gasteiger partial charge < -0.3 is 10.5 Å². The molecule has 1 fully saturated rings. The van der Waals surface area contributed by atoms with Crippen LogP contribution in [0.1, 0.15) is 32.6 Å². The fraction of sp³-hybridized carbons (Fsp3) is 0.556. The molecule has 0 spiro atoms. The lowest BCUT2D eigenvalue weighted by Gasteiger charge is -2.28. The van der Waals surface area contributed by atoms with E-state index in [9.17, 15) is 0 Å². The molecule has 2 N–H and O–H groups in total. The number of ether oxygens (including phenoxy) is 1. The largest absolute Gasteiger partial charge is 0.346 e. The summed E-state index contributed by atoms with van der Waals surface area (Å²) in [5.41, 5.74) is 6.32. The average Bonchev–Trinajstić information content (AvgIpc) is 3.22. The van der Waals surface area contributed by atoms with Crippen LogP contribution in [-0.2, 0) is 4.74 Å². The Kier molecular flexibility index (Phi) is 4.72. The predicted octanol–water partition coefficient (Wildman–Crippen LogP) is 3.96. The number of epoxide rings is 1. The normalized spacial score (nSPS) is 38.7. The van der Waals surface area contributed by atoms with Gasteiger partial charge in [0.2, 0.25) is 0 Å². The molecule has 3 aliphatic rings. The van der Waals surface area contributed by atoms with Gasteiger partial charge in [0.15, 0.2) is 4.93 Å². The number of hydrogen-bond donors (Lipinski definition) is 1. The van der Waals surface area contributed by atoms with Crippen LogP contribution in [0.25, 0.3) is 0 Å². The zero-order valence-electron chi connectivity index (χ0n) is 12.7. The molecule has 21 heavy (non-hydrogen) atoms. The highest BCUT2D eigenvalue weighted by Gasteiger charge is 2.55. The first-order valence-electron chi connectivity index (χ1n) is 8.00. The average molecular weight is 303 g/mol.